The molecular formula is C16H14O7. The first-order valence-electron chi connectivity index (χ1n) is 6.93. The predicted octanol–water partition coefficient (Wildman–Crippen LogP) is 1.74. The molecule has 1 aromatic heterocycles. The van der Waals surface area contributed by atoms with Crippen LogP contribution in [0.4, 0.5) is 0 Å². The smallest absolute Gasteiger partial charge is 0.377 e. The third-order valence-corrected chi connectivity index (χ3v) is 3.43. The van der Waals surface area contributed by atoms with Gasteiger partial charge in [-0.3, -0.25) is 0 Å². The summed E-state index contributed by atoms with van der Waals surface area (Å²) in [5.41, 5.74) is 0.596. The standard InChI is InChI=1S/C16H14O7/c1-9-12(17)3-2-11-10(6-14(18)23-15(9)11)7-22-16(19)13-8-20-4-5-21-13/h2-3,6,8,17H,4-5,7H2,1H3. The first-order valence-corrected chi connectivity index (χ1v) is 6.93. The SMILES string of the molecule is Cc1c(O)ccc2c(COC(=O)C3=COCCO3)cc(=O)oc12. The minimum atomic E-state index is -0.679. The van der Waals surface area contributed by atoms with E-state index in [1.54, 1.807) is 13.0 Å². The lowest BCUT2D eigenvalue weighted by Crippen LogP contribution is -2.17. The van der Waals surface area contributed by atoms with Crippen LogP contribution in [0.3, 0.4) is 0 Å². The molecule has 7 nitrogen and oxygen atoms in total. The van der Waals surface area contributed by atoms with Crippen LogP contribution >= 0.6 is 0 Å². The Morgan fingerprint density at radius 2 is 2.17 bits per heavy atom. The van der Waals surface area contributed by atoms with E-state index in [4.69, 9.17) is 18.6 Å². The summed E-state index contributed by atoms with van der Waals surface area (Å²) in [6.45, 7) is 2.15. The molecule has 2 heterocycles. The number of carbonyl (C=O) groups excluding carboxylic acids is 1. The lowest BCUT2D eigenvalue weighted by molar-refractivity contribution is -0.145. The molecule has 23 heavy (non-hydrogen) atoms. The van der Waals surface area contributed by atoms with E-state index in [-0.39, 0.29) is 30.3 Å². The van der Waals surface area contributed by atoms with Crippen molar-refractivity contribution in [3.63, 3.8) is 0 Å². The van der Waals surface area contributed by atoms with Gasteiger partial charge in [0, 0.05) is 22.6 Å². The topological polar surface area (TPSA) is 95.2 Å². The molecule has 0 spiro atoms. The summed E-state index contributed by atoms with van der Waals surface area (Å²) in [5, 5.41) is 10.3. The number of esters is 1. The highest BCUT2D eigenvalue weighted by molar-refractivity contribution is 5.87. The molecule has 0 unspecified atom stereocenters. The molecule has 1 aromatic carbocycles. The molecule has 1 N–H and O–H groups in total. The minimum Gasteiger partial charge on any atom is -0.508 e. The number of hydrogen-bond donors (Lipinski definition) is 1. The molecule has 0 saturated carbocycles. The summed E-state index contributed by atoms with van der Waals surface area (Å²) in [6, 6.07) is 4.34. The Hall–Kier alpha value is -2.96. The first kappa shape index (κ1) is 15.0. The van der Waals surface area contributed by atoms with Crippen LogP contribution in [0.5, 0.6) is 5.75 Å². The van der Waals surface area contributed by atoms with Gasteiger partial charge in [-0.05, 0) is 19.1 Å². The lowest BCUT2D eigenvalue weighted by atomic mass is 10.1. The van der Waals surface area contributed by atoms with Gasteiger partial charge in [-0.25, -0.2) is 9.59 Å². The largest absolute Gasteiger partial charge is 0.508 e. The highest BCUT2D eigenvalue weighted by Gasteiger charge is 2.18. The zero-order chi connectivity index (χ0) is 16.4. The van der Waals surface area contributed by atoms with E-state index >= 15 is 0 Å². The maximum atomic E-state index is 11.9. The Bertz CT molecular complexity index is 847. The van der Waals surface area contributed by atoms with E-state index in [1.165, 1.54) is 18.4 Å². The van der Waals surface area contributed by atoms with E-state index in [9.17, 15) is 14.7 Å². The lowest BCUT2D eigenvalue weighted by Gasteiger charge is -2.14. The maximum absolute atomic E-state index is 11.9. The van der Waals surface area contributed by atoms with Crippen LogP contribution in [-0.2, 0) is 25.6 Å². The average Bonchev–Trinajstić information content (AvgIpc) is 2.57. The number of aromatic hydroxyl groups is 1. The van der Waals surface area contributed by atoms with Crippen LogP contribution in [0.15, 0.2) is 39.4 Å². The highest BCUT2D eigenvalue weighted by Crippen LogP contribution is 2.27. The summed E-state index contributed by atoms with van der Waals surface area (Å²) < 4.78 is 20.4. The Morgan fingerprint density at radius 1 is 1.35 bits per heavy atom. The van der Waals surface area contributed by atoms with Gasteiger partial charge in [-0.2, -0.15) is 0 Å². The molecule has 1 aliphatic rings. The number of benzene rings is 1. The van der Waals surface area contributed by atoms with Gasteiger partial charge >= 0.3 is 11.6 Å². The van der Waals surface area contributed by atoms with Crippen molar-refractivity contribution < 1.29 is 28.5 Å². The van der Waals surface area contributed by atoms with Gasteiger partial charge in [-0.15, -0.1) is 0 Å². The van der Waals surface area contributed by atoms with Gasteiger partial charge in [0.25, 0.3) is 0 Å². The number of ether oxygens (including phenoxy) is 3. The fourth-order valence-electron chi connectivity index (χ4n) is 2.22. The maximum Gasteiger partial charge on any atom is 0.377 e. The van der Waals surface area contributed by atoms with Crippen molar-refractivity contribution in [2.24, 2.45) is 0 Å². The predicted molar refractivity (Wildman–Crippen MR) is 78.7 cm³/mol. The molecule has 0 bridgehead atoms. The number of rotatable bonds is 3. The summed E-state index contributed by atoms with van der Waals surface area (Å²) in [5.74, 6) is -0.674. The second-order valence-electron chi connectivity index (χ2n) is 4.95. The van der Waals surface area contributed by atoms with Crippen molar-refractivity contribution in [1.82, 2.24) is 0 Å². The van der Waals surface area contributed by atoms with Crippen LogP contribution in [0.2, 0.25) is 0 Å². The van der Waals surface area contributed by atoms with E-state index in [0.717, 1.165) is 0 Å². The van der Waals surface area contributed by atoms with Gasteiger partial charge in [0.1, 0.15) is 37.4 Å². The number of fused-ring (bicyclic) bond motifs is 1. The van der Waals surface area contributed by atoms with Crippen LogP contribution in [-0.4, -0.2) is 24.3 Å². The van der Waals surface area contributed by atoms with Gasteiger partial charge in [0.2, 0.25) is 5.76 Å². The van der Waals surface area contributed by atoms with Crippen LogP contribution < -0.4 is 5.63 Å². The van der Waals surface area contributed by atoms with Crippen molar-refractivity contribution in [3.8, 4) is 5.75 Å². The van der Waals surface area contributed by atoms with Crippen molar-refractivity contribution in [1.29, 1.82) is 0 Å². The first-order chi connectivity index (χ1) is 11.1. The number of carbonyl (C=O) groups is 1. The molecule has 2 aromatic rings. The monoisotopic (exact) mass is 318 g/mol. The molecule has 0 radical (unpaired) electrons. The number of phenolic OH excluding ortho intramolecular Hbond substituents is 1. The van der Waals surface area contributed by atoms with E-state index in [0.29, 0.717) is 23.1 Å². The van der Waals surface area contributed by atoms with E-state index in [2.05, 4.69) is 0 Å². The summed E-state index contributed by atoms with van der Waals surface area (Å²) >= 11 is 0. The zero-order valence-electron chi connectivity index (χ0n) is 12.3. The second-order valence-corrected chi connectivity index (χ2v) is 4.95. The van der Waals surface area contributed by atoms with Gasteiger partial charge < -0.3 is 23.7 Å². The molecule has 120 valence electrons. The Morgan fingerprint density at radius 3 is 2.91 bits per heavy atom. The van der Waals surface area contributed by atoms with Gasteiger partial charge in [0.05, 0.1) is 0 Å². The normalized spacial score (nSPS) is 13.9. The minimum absolute atomic E-state index is 0.0163. The Labute approximate surface area is 130 Å². The molecular weight excluding hydrogens is 304 g/mol. The molecule has 1 aliphatic heterocycles. The fraction of sp³-hybridized carbons (Fsp3) is 0.250. The van der Waals surface area contributed by atoms with Gasteiger partial charge in [-0.1, -0.05) is 0 Å². The van der Waals surface area contributed by atoms with Crippen molar-refractivity contribution in [2.75, 3.05) is 13.2 Å². The van der Waals surface area contributed by atoms with Crippen molar-refractivity contribution >= 4 is 16.9 Å². The molecule has 0 saturated heterocycles. The van der Waals surface area contributed by atoms with Crippen molar-refractivity contribution in [3.05, 3.63) is 51.8 Å². The number of phenols is 1. The third-order valence-electron chi connectivity index (χ3n) is 3.43. The number of aryl methyl sites for hydroxylation is 1. The molecule has 0 atom stereocenters. The summed E-state index contributed by atoms with van der Waals surface area (Å²) in [6.07, 6.45) is 1.20. The summed E-state index contributed by atoms with van der Waals surface area (Å²) in [4.78, 5) is 23.5. The Balaban J connectivity index is 1.88. The second kappa shape index (κ2) is 6.04. The molecule has 0 aliphatic carbocycles. The van der Waals surface area contributed by atoms with Crippen molar-refractivity contribution in [2.45, 2.75) is 13.5 Å². The van der Waals surface area contributed by atoms with E-state index < -0.39 is 11.6 Å². The van der Waals surface area contributed by atoms with Gasteiger partial charge in [0.15, 0.2) is 0 Å². The Kier molecular flexibility index (Phi) is 3.92. The quantitative estimate of drug-likeness (QED) is 0.680. The summed E-state index contributed by atoms with van der Waals surface area (Å²) in [7, 11) is 0. The van der Waals surface area contributed by atoms with Crippen LogP contribution in [0, 0.1) is 6.92 Å². The molecule has 7 heteroatoms. The van der Waals surface area contributed by atoms with Crippen LogP contribution in [0.25, 0.3) is 11.0 Å². The molecule has 0 amide bonds. The third kappa shape index (κ3) is 2.98. The zero-order valence-corrected chi connectivity index (χ0v) is 12.3. The van der Waals surface area contributed by atoms with E-state index in [1.807, 2.05) is 0 Å². The molecule has 0 fully saturated rings. The average molecular weight is 318 g/mol. The number of hydrogen-bond acceptors (Lipinski definition) is 7. The fourth-order valence-corrected chi connectivity index (χ4v) is 2.22. The van der Waals surface area contributed by atoms with Crippen LogP contribution in [0.1, 0.15) is 11.1 Å². The molecule has 3 rings (SSSR count). The highest BCUT2D eigenvalue weighted by atomic mass is 16.6.